The normalized spacial score (nSPS) is 14.3. The first-order valence-electron chi connectivity index (χ1n) is 6.98. The monoisotopic (exact) mass is 281 g/mol. The summed E-state index contributed by atoms with van der Waals surface area (Å²) < 4.78 is 1.29. The van der Waals surface area contributed by atoms with E-state index in [1.165, 1.54) is 21.2 Å². The van der Waals surface area contributed by atoms with Crippen molar-refractivity contribution in [2.24, 2.45) is 5.73 Å². The molecule has 2 N–H and O–H groups in total. The second-order valence-electron chi connectivity index (χ2n) is 5.40. The van der Waals surface area contributed by atoms with Crippen molar-refractivity contribution in [2.75, 3.05) is 0 Å². The lowest BCUT2D eigenvalue weighted by atomic mass is 9.85. The van der Waals surface area contributed by atoms with E-state index in [-0.39, 0.29) is 0 Å². The molecule has 2 heteroatoms. The van der Waals surface area contributed by atoms with E-state index in [0.717, 1.165) is 12.0 Å². The Balaban J connectivity index is 2.12. The maximum absolute atomic E-state index is 6.68. The smallest absolute Gasteiger partial charge is 0.0651 e. The van der Waals surface area contributed by atoms with E-state index < -0.39 is 5.54 Å². The predicted octanol–water partition coefficient (Wildman–Crippen LogP) is 4.69. The molecule has 0 amide bonds. The van der Waals surface area contributed by atoms with E-state index >= 15 is 0 Å². The van der Waals surface area contributed by atoms with Gasteiger partial charge in [-0.15, -0.1) is 11.3 Å². The molecule has 3 aromatic rings. The lowest BCUT2D eigenvalue weighted by Crippen LogP contribution is -2.34. The molecule has 2 aromatic carbocycles. The van der Waals surface area contributed by atoms with Crippen LogP contribution in [-0.2, 0) is 12.0 Å². The first-order chi connectivity index (χ1) is 9.63. The Labute approximate surface area is 124 Å². The van der Waals surface area contributed by atoms with Crippen molar-refractivity contribution in [2.45, 2.75) is 25.8 Å². The quantitative estimate of drug-likeness (QED) is 0.740. The fourth-order valence-electron chi connectivity index (χ4n) is 2.64. The summed E-state index contributed by atoms with van der Waals surface area (Å²) in [5, 5.41) is 3.40. The summed E-state index contributed by atoms with van der Waals surface area (Å²) in [4.78, 5) is 0. The van der Waals surface area contributed by atoms with E-state index in [0.29, 0.717) is 0 Å². The molecule has 1 aromatic heterocycles. The van der Waals surface area contributed by atoms with Crippen LogP contribution in [0.15, 0.2) is 53.9 Å². The van der Waals surface area contributed by atoms with Crippen LogP contribution in [0.1, 0.15) is 30.5 Å². The van der Waals surface area contributed by atoms with Gasteiger partial charge in [-0.3, -0.25) is 0 Å². The minimum Gasteiger partial charge on any atom is -0.318 e. The zero-order valence-electron chi connectivity index (χ0n) is 11.9. The van der Waals surface area contributed by atoms with E-state index in [2.05, 4.69) is 67.8 Å². The zero-order valence-corrected chi connectivity index (χ0v) is 12.7. The third kappa shape index (κ3) is 2.15. The third-order valence-corrected chi connectivity index (χ3v) is 4.96. The summed E-state index contributed by atoms with van der Waals surface area (Å²) in [5.74, 6) is 0. The van der Waals surface area contributed by atoms with Crippen LogP contribution in [0.25, 0.3) is 10.1 Å². The minimum absolute atomic E-state index is 0.462. The summed E-state index contributed by atoms with van der Waals surface area (Å²) >= 11 is 1.76. The molecule has 0 saturated carbocycles. The largest absolute Gasteiger partial charge is 0.318 e. The third-order valence-electron chi connectivity index (χ3n) is 4.00. The summed E-state index contributed by atoms with van der Waals surface area (Å²) in [6.45, 7) is 4.27. The van der Waals surface area contributed by atoms with Gasteiger partial charge in [-0.25, -0.2) is 0 Å². The molecule has 0 aliphatic heterocycles. The van der Waals surface area contributed by atoms with Crippen LogP contribution in [0, 0.1) is 0 Å². The fraction of sp³-hybridized carbons (Fsp3) is 0.222. The van der Waals surface area contributed by atoms with Crippen molar-refractivity contribution in [3.05, 3.63) is 70.6 Å². The van der Waals surface area contributed by atoms with Crippen LogP contribution >= 0.6 is 11.3 Å². The summed E-state index contributed by atoms with van der Waals surface area (Å²) in [6, 6.07) is 17.2. The van der Waals surface area contributed by atoms with Gasteiger partial charge in [0, 0.05) is 4.70 Å². The van der Waals surface area contributed by atoms with E-state index in [9.17, 15) is 0 Å². The molecule has 0 bridgehead atoms. The molecular weight excluding hydrogens is 262 g/mol. The molecule has 102 valence electrons. The molecule has 1 unspecified atom stereocenters. The van der Waals surface area contributed by atoms with Gasteiger partial charge in [0.25, 0.3) is 0 Å². The Bertz CT molecular complexity index is 723. The van der Waals surface area contributed by atoms with E-state index in [4.69, 9.17) is 5.73 Å². The Kier molecular flexibility index (Phi) is 3.36. The molecule has 1 nitrogen and oxygen atoms in total. The number of rotatable bonds is 3. The number of benzene rings is 2. The highest BCUT2D eigenvalue weighted by Crippen LogP contribution is 2.35. The van der Waals surface area contributed by atoms with Crippen molar-refractivity contribution < 1.29 is 0 Å². The van der Waals surface area contributed by atoms with Gasteiger partial charge in [-0.2, -0.15) is 0 Å². The van der Waals surface area contributed by atoms with E-state index in [1.807, 2.05) is 0 Å². The summed E-state index contributed by atoms with van der Waals surface area (Å²) in [6.07, 6.45) is 1.06. The highest BCUT2D eigenvalue weighted by molar-refractivity contribution is 7.17. The zero-order chi connectivity index (χ0) is 14.2. The van der Waals surface area contributed by atoms with Gasteiger partial charge in [0.2, 0.25) is 0 Å². The van der Waals surface area contributed by atoms with Crippen LogP contribution in [0.5, 0.6) is 0 Å². The van der Waals surface area contributed by atoms with Crippen molar-refractivity contribution in [1.29, 1.82) is 0 Å². The molecule has 1 atom stereocenters. The van der Waals surface area contributed by atoms with Crippen LogP contribution in [-0.4, -0.2) is 0 Å². The summed E-state index contributed by atoms with van der Waals surface area (Å²) in [5.41, 5.74) is 9.93. The van der Waals surface area contributed by atoms with Gasteiger partial charge in [0.1, 0.15) is 0 Å². The van der Waals surface area contributed by atoms with Crippen molar-refractivity contribution in [3.63, 3.8) is 0 Å². The van der Waals surface area contributed by atoms with Gasteiger partial charge in [-0.05, 0) is 46.9 Å². The standard InChI is InChI=1S/C18H19NS/c1-3-13-7-9-15(10-8-13)18(2,19)16-6-4-5-14-11-12-20-17(14)16/h4-12H,3,19H2,1-2H3. The van der Waals surface area contributed by atoms with Crippen LogP contribution in [0.2, 0.25) is 0 Å². The Hall–Kier alpha value is -1.64. The number of aryl methyl sites for hydroxylation is 1. The maximum atomic E-state index is 6.68. The lowest BCUT2D eigenvalue weighted by Gasteiger charge is -2.27. The fourth-order valence-corrected chi connectivity index (χ4v) is 3.67. The van der Waals surface area contributed by atoms with Crippen LogP contribution < -0.4 is 5.73 Å². The van der Waals surface area contributed by atoms with Gasteiger partial charge >= 0.3 is 0 Å². The average Bonchev–Trinajstić information content (AvgIpc) is 2.95. The molecule has 0 saturated heterocycles. The first-order valence-corrected chi connectivity index (χ1v) is 7.86. The molecule has 20 heavy (non-hydrogen) atoms. The van der Waals surface area contributed by atoms with Gasteiger partial charge in [0.15, 0.2) is 0 Å². The van der Waals surface area contributed by atoms with Gasteiger partial charge in [0.05, 0.1) is 5.54 Å². The number of hydrogen-bond donors (Lipinski definition) is 1. The summed E-state index contributed by atoms with van der Waals surface area (Å²) in [7, 11) is 0. The Morgan fingerprint density at radius 2 is 1.80 bits per heavy atom. The lowest BCUT2D eigenvalue weighted by molar-refractivity contribution is 0.609. The number of fused-ring (bicyclic) bond motifs is 1. The topological polar surface area (TPSA) is 26.0 Å². The first kappa shape index (κ1) is 13.3. The highest BCUT2D eigenvalue weighted by atomic mass is 32.1. The molecule has 0 aliphatic carbocycles. The maximum Gasteiger partial charge on any atom is 0.0651 e. The molecule has 0 aliphatic rings. The van der Waals surface area contributed by atoms with E-state index in [1.54, 1.807) is 11.3 Å². The van der Waals surface area contributed by atoms with Crippen LogP contribution in [0.3, 0.4) is 0 Å². The second-order valence-corrected chi connectivity index (χ2v) is 6.31. The molecule has 0 spiro atoms. The van der Waals surface area contributed by atoms with Crippen molar-refractivity contribution in [1.82, 2.24) is 0 Å². The molecular formula is C18H19NS. The molecule has 3 rings (SSSR count). The second kappa shape index (κ2) is 5.04. The van der Waals surface area contributed by atoms with Crippen molar-refractivity contribution >= 4 is 21.4 Å². The predicted molar refractivity (Wildman–Crippen MR) is 88.3 cm³/mol. The number of nitrogens with two attached hydrogens (primary N) is 1. The van der Waals surface area contributed by atoms with Crippen LogP contribution in [0.4, 0.5) is 0 Å². The van der Waals surface area contributed by atoms with Gasteiger partial charge < -0.3 is 5.73 Å². The Morgan fingerprint density at radius 3 is 2.50 bits per heavy atom. The van der Waals surface area contributed by atoms with Gasteiger partial charge in [-0.1, -0.05) is 49.4 Å². The molecule has 0 fully saturated rings. The Morgan fingerprint density at radius 1 is 1.05 bits per heavy atom. The van der Waals surface area contributed by atoms with Crippen molar-refractivity contribution in [3.8, 4) is 0 Å². The SMILES string of the molecule is CCc1ccc(C(C)(N)c2cccc3ccsc23)cc1. The minimum atomic E-state index is -0.462. The number of thiophene rings is 1. The number of hydrogen-bond acceptors (Lipinski definition) is 2. The highest BCUT2D eigenvalue weighted by Gasteiger charge is 2.26. The average molecular weight is 281 g/mol. The molecule has 0 radical (unpaired) electrons. The molecule has 1 heterocycles.